The van der Waals surface area contributed by atoms with Crippen LogP contribution >= 0.6 is 0 Å². The molecular weight excluding hydrogens is 451 g/mol. The number of hydrogen-bond donors (Lipinski definition) is 0. The first-order valence-corrected chi connectivity index (χ1v) is 11.4. The SMILES string of the molecule is C/C=C(\C)c1nn(-c2ccccc2)c(CC)c1C(=O)N(C)Cc1ccc(C(F)(F)F)cc1.C=CC. The quantitative estimate of drug-likeness (QED) is 0.344. The topological polar surface area (TPSA) is 38.1 Å². The lowest BCUT2D eigenvalue weighted by Crippen LogP contribution is -2.27. The van der Waals surface area contributed by atoms with E-state index in [1.165, 1.54) is 17.0 Å². The maximum atomic E-state index is 13.5. The fraction of sp³-hybridized carbons (Fsp3) is 0.286. The number of rotatable bonds is 6. The second-order valence-corrected chi connectivity index (χ2v) is 8.01. The number of carbonyl (C=O) groups is 1. The second kappa shape index (κ2) is 12.2. The Hall–Kier alpha value is -3.61. The Labute approximate surface area is 205 Å². The summed E-state index contributed by atoms with van der Waals surface area (Å²) in [6, 6.07) is 14.5. The fourth-order valence-corrected chi connectivity index (χ4v) is 3.54. The predicted octanol–water partition coefficient (Wildman–Crippen LogP) is 7.34. The summed E-state index contributed by atoms with van der Waals surface area (Å²) in [5.74, 6) is -0.222. The summed E-state index contributed by atoms with van der Waals surface area (Å²) in [5, 5.41) is 4.75. The van der Waals surface area contributed by atoms with E-state index in [0.29, 0.717) is 23.2 Å². The number of nitrogens with zero attached hydrogens (tertiary/aromatic N) is 3. The van der Waals surface area contributed by atoms with Gasteiger partial charge in [0.25, 0.3) is 5.91 Å². The minimum absolute atomic E-state index is 0.185. The predicted molar refractivity (Wildman–Crippen MR) is 135 cm³/mol. The Morgan fingerprint density at radius 3 is 2.14 bits per heavy atom. The molecule has 0 saturated carbocycles. The standard InChI is InChI=1S/C25H26F3N3O.C3H6/c1-5-17(3)23-22(21(6-2)31(29-23)20-10-8-7-9-11-20)24(32)30(4)16-18-12-14-19(15-13-18)25(26,27)28;1-3-2/h5,7-15H,6,16H2,1-4H3;3H,1H2,2H3/b17-5+;. The monoisotopic (exact) mass is 483 g/mol. The molecule has 1 amide bonds. The van der Waals surface area contributed by atoms with Crippen molar-refractivity contribution in [1.29, 1.82) is 0 Å². The number of amides is 1. The highest BCUT2D eigenvalue weighted by molar-refractivity contribution is 5.99. The average Bonchev–Trinajstić information content (AvgIpc) is 3.23. The molecular formula is C28H32F3N3O. The number of carbonyl (C=O) groups excluding carboxylic acids is 1. The van der Waals surface area contributed by atoms with E-state index in [1.54, 1.807) is 17.8 Å². The summed E-state index contributed by atoms with van der Waals surface area (Å²) in [4.78, 5) is 15.0. The van der Waals surface area contributed by atoms with Crippen molar-refractivity contribution in [3.63, 3.8) is 0 Å². The Morgan fingerprint density at radius 1 is 1.09 bits per heavy atom. The van der Waals surface area contributed by atoms with Crippen LogP contribution in [0.25, 0.3) is 11.3 Å². The first kappa shape index (κ1) is 27.6. The van der Waals surface area contributed by atoms with E-state index in [0.717, 1.165) is 29.1 Å². The Bertz CT molecular complexity index is 1160. The van der Waals surface area contributed by atoms with Gasteiger partial charge in [0.1, 0.15) is 5.69 Å². The first-order chi connectivity index (χ1) is 16.6. The Morgan fingerprint density at radius 2 is 1.66 bits per heavy atom. The van der Waals surface area contributed by atoms with E-state index < -0.39 is 11.7 Å². The lowest BCUT2D eigenvalue weighted by Gasteiger charge is -2.19. The van der Waals surface area contributed by atoms with Crippen LogP contribution in [0, 0.1) is 0 Å². The number of allylic oxidation sites excluding steroid dienone is 3. The second-order valence-electron chi connectivity index (χ2n) is 8.01. The van der Waals surface area contributed by atoms with Crippen LogP contribution in [0.4, 0.5) is 13.2 Å². The van der Waals surface area contributed by atoms with Gasteiger partial charge in [-0.1, -0.05) is 49.4 Å². The van der Waals surface area contributed by atoms with E-state index >= 15 is 0 Å². The molecule has 7 heteroatoms. The van der Waals surface area contributed by atoms with Gasteiger partial charge in [-0.05, 0) is 62.6 Å². The third kappa shape index (κ3) is 6.72. The van der Waals surface area contributed by atoms with Crippen molar-refractivity contribution in [2.45, 2.75) is 46.8 Å². The fourth-order valence-electron chi connectivity index (χ4n) is 3.54. The van der Waals surface area contributed by atoms with Crippen LogP contribution in [-0.2, 0) is 19.1 Å². The number of benzene rings is 2. The number of halogens is 3. The van der Waals surface area contributed by atoms with E-state index in [9.17, 15) is 18.0 Å². The highest BCUT2D eigenvalue weighted by Crippen LogP contribution is 2.30. The zero-order chi connectivity index (χ0) is 26.2. The highest BCUT2D eigenvalue weighted by atomic mass is 19.4. The molecule has 2 aromatic carbocycles. The molecule has 35 heavy (non-hydrogen) atoms. The lowest BCUT2D eigenvalue weighted by atomic mass is 10.0. The normalized spacial score (nSPS) is 11.5. The van der Waals surface area contributed by atoms with Gasteiger partial charge in [0.05, 0.1) is 22.5 Å². The highest BCUT2D eigenvalue weighted by Gasteiger charge is 2.30. The van der Waals surface area contributed by atoms with Gasteiger partial charge in [0.2, 0.25) is 0 Å². The molecule has 0 N–H and O–H groups in total. The summed E-state index contributed by atoms with van der Waals surface area (Å²) in [5.41, 5.74) is 3.56. The van der Waals surface area contributed by atoms with Gasteiger partial charge in [-0.3, -0.25) is 4.79 Å². The van der Waals surface area contributed by atoms with Crippen LogP contribution in [0.15, 0.2) is 73.3 Å². The molecule has 4 nitrogen and oxygen atoms in total. The molecule has 0 radical (unpaired) electrons. The van der Waals surface area contributed by atoms with E-state index in [2.05, 4.69) is 6.58 Å². The van der Waals surface area contributed by atoms with Gasteiger partial charge in [0.15, 0.2) is 0 Å². The first-order valence-electron chi connectivity index (χ1n) is 11.4. The maximum absolute atomic E-state index is 13.5. The van der Waals surface area contributed by atoms with Crippen LogP contribution < -0.4 is 0 Å². The van der Waals surface area contributed by atoms with E-state index in [1.807, 2.05) is 64.1 Å². The minimum Gasteiger partial charge on any atom is -0.337 e. The van der Waals surface area contributed by atoms with Gasteiger partial charge < -0.3 is 4.90 Å². The number of hydrogen-bond acceptors (Lipinski definition) is 2. The van der Waals surface area contributed by atoms with E-state index in [4.69, 9.17) is 5.10 Å². The van der Waals surface area contributed by atoms with Crippen molar-refractivity contribution in [2.75, 3.05) is 7.05 Å². The Kier molecular flexibility index (Phi) is 9.63. The molecule has 1 heterocycles. The maximum Gasteiger partial charge on any atom is 0.416 e. The van der Waals surface area contributed by atoms with Crippen molar-refractivity contribution < 1.29 is 18.0 Å². The molecule has 186 valence electrons. The Balaban J connectivity index is 0.00000137. The van der Waals surface area contributed by atoms with Crippen LogP contribution in [-0.4, -0.2) is 27.6 Å². The average molecular weight is 484 g/mol. The molecule has 0 fully saturated rings. The lowest BCUT2D eigenvalue weighted by molar-refractivity contribution is -0.137. The molecule has 0 saturated heterocycles. The van der Waals surface area contributed by atoms with Crippen molar-refractivity contribution in [1.82, 2.24) is 14.7 Å². The van der Waals surface area contributed by atoms with Gasteiger partial charge in [0, 0.05) is 13.6 Å². The molecule has 0 aliphatic rings. The zero-order valence-corrected chi connectivity index (χ0v) is 20.9. The van der Waals surface area contributed by atoms with Gasteiger partial charge in [-0.2, -0.15) is 18.3 Å². The van der Waals surface area contributed by atoms with E-state index in [-0.39, 0.29) is 12.5 Å². The molecule has 0 aliphatic carbocycles. The van der Waals surface area contributed by atoms with Gasteiger partial charge >= 0.3 is 6.18 Å². The minimum atomic E-state index is -4.39. The third-order valence-corrected chi connectivity index (χ3v) is 5.38. The van der Waals surface area contributed by atoms with Crippen molar-refractivity contribution >= 4 is 11.5 Å². The summed E-state index contributed by atoms with van der Waals surface area (Å²) < 4.78 is 40.3. The van der Waals surface area contributed by atoms with Gasteiger partial charge in [-0.25, -0.2) is 4.68 Å². The molecule has 0 bridgehead atoms. The molecule has 3 rings (SSSR count). The van der Waals surface area contributed by atoms with Crippen molar-refractivity contribution in [3.05, 3.63) is 101 Å². The largest absolute Gasteiger partial charge is 0.416 e. The summed E-state index contributed by atoms with van der Waals surface area (Å²) in [7, 11) is 1.65. The molecule has 0 atom stereocenters. The zero-order valence-electron chi connectivity index (χ0n) is 20.9. The van der Waals surface area contributed by atoms with Crippen LogP contribution in [0.5, 0.6) is 0 Å². The summed E-state index contributed by atoms with van der Waals surface area (Å²) >= 11 is 0. The number of para-hydroxylation sites is 1. The molecule has 3 aromatic rings. The summed E-state index contributed by atoms with van der Waals surface area (Å²) in [6.07, 6.45) is -0.140. The molecule has 1 aromatic heterocycles. The molecule has 0 unspecified atom stereocenters. The molecule has 0 spiro atoms. The van der Waals surface area contributed by atoms with Crippen LogP contribution in [0.3, 0.4) is 0 Å². The van der Waals surface area contributed by atoms with Crippen LogP contribution in [0.1, 0.15) is 60.6 Å². The summed E-state index contributed by atoms with van der Waals surface area (Å²) in [6.45, 7) is 11.2. The van der Waals surface area contributed by atoms with Crippen molar-refractivity contribution in [2.24, 2.45) is 0 Å². The third-order valence-electron chi connectivity index (χ3n) is 5.38. The van der Waals surface area contributed by atoms with Crippen molar-refractivity contribution in [3.8, 4) is 5.69 Å². The van der Waals surface area contributed by atoms with Gasteiger partial charge in [-0.15, -0.1) is 6.58 Å². The molecule has 0 aliphatic heterocycles. The smallest absolute Gasteiger partial charge is 0.337 e. The number of alkyl halides is 3. The van der Waals surface area contributed by atoms with Crippen LogP contribution in [0.2, 0.25) is 0 Å². The number of aromatic nitrogens is 2.